The lowest BCUT2D eigenvalue weighted by Crippen LogP contribution is -2.50. The van der Waals surface area contributed by atoms with Crippen LogP contribution in [0.15, 0.2) is 42.0 Å². The first-order valence-electron chi connectivity index (χ1n) is 12.8. The molecule has 37 heavy (non-hydrogen) atoms. The van der Waals surface area contributed by atoms with Crippen LogP contribution in [0.5, 0.6) is 0 Å². The van der Waals surface area contributed by atoms with Crippen molar-refractivity contribution in [3.63, 3.8) is 0 Å². The van der Waals surface area contributed by atoms with Gasteiger partial charge in [-0.15, -0.1) is 0 Å². The van der Waals surface area contributed by atoms with Crippen molar-refractivity contribution in [3.05, 3.63) is 47.5 Å². The van der Waals surface area contributed by atoms with Crippen LogP contribution < -0.4 is 5.32 Å². The van der Waals surface area contributed by atoms with Crippen LogP contribution in [0.1, 0.15) is 45.1 Å². The van der Waals surface area contributed by atoms with Crippen molar-refractivity contribution < 1.29 is 28.8 Å². The topological polar surface area (TPSA) is 126 Å². The molecule has 0 aromatic heterocycles. The number of benzene rings is 1. The van der Waals surface area contributed by atoms with E-state index in [0.717, 1.165) is 18.4 Å². The summed E-state index contributed by atoms with van der Waals surface area (Å²) in [4.78, 5) is 29.3. The zero-order valence-corrected chi connectivity index (χ0v) is 21.5. The smallest absolute Gasteiger partial charge is 0.447 e. The van der Waals surface area contributed by atoms with Crippen LogP contribution in [0.2, 0.25) is 0 Å². The zero-order chi connectivity index (χ0) is 27.0. The second-order valence-corrected chi connectivity index (χ2v) is 10.3. The fraction of sp³-hybridized carbons (Fsp3) is 0.577. The number of nitrogens with zero attached hydrogens (tertiary/aromatic N) is 3. The molecule has 2 amide bonds. The number of nitrogens with one attached hydrogen (secondary N) is 1. The molecular formula is C26H36BFN4O5. The van der Waals surface area contributed by atoms with Crippen molar-refractivity contribution in [3.8, 4) is 6.07 Å². The summed E-state index contributed by atoms with van der Waals surface area (Å²) >= 11 is 0. The van der Waals surface area contributed by atoms with Gasteiger partial charge < -0.3 is 25.0 Å². The van der Waals surface area contributed by atoms with Crippen molar-refractivity contribution in [1.29, 1.82) is 5.26 Å². The minimum Gasteiger partial charge on any atom is -0.447 e. The molecule has 0 spiro atoms. The van der Waals surface area contributed by atoms with Crippen LogP contribution in [0.25, 0.3) is 0 Å². The molecule has 1 aromatic rings. The molecular weight excluding hydrogens is 478 g/mol. The molecule has 11 heteroatoms. The maximum Gasteiger partial charge on any atom is 0.475 e. The quantitative estimate of drug-likeness (QED) is 0.261. The van der Waals surface area contributed by atoms with Crippen molar-refractivity contribution in [1.82, 2.24) is 15.1 Å². The van der Waals surface area contributed by atoms with Gasteiger partial charge in [-0.1, -0.05) is 30.3 Å². The Balaban J connectivity index is 1.62. The Morgan fingerprint density at radius 1 is 1.27 bits per heavy atom. The van der Waals surface area contributed by atoms with Crippen LogP contribution in [-0.4, -0.2) is 88.9 Å². The van der Waals surface area contributed by atoms with Gasteiger partial charge in [0.2, 0.25) is 0 Å². The fourth-order valence-corrected chi connectivity index (χ4v) is 4.89. The molecule has 3 rings (SSSR count). The molecule has 2 saturated heterocycles. The summed E-state index contributed by atoms with van der Waals surface area (Å²) in [5, 5.41) is 31.6. The molecule has 0 aliphatic carbocycles. The number of carbonyl (C=O) groups excluding carboxylic acids is 2. The van der Waals surface area contributed by atoms with E-state index < -0.39 is 42.8 Å². The number of likely N-dealkylation sites (tertiary alicyclic amines) is 2. The van der Waals surface area contributed by atoms with Gasteiger partial charge in [0.1, 0.15) is 24.4 Å². The van der Waals surface area contributed by atoms with E-state index >= 15 is 0 Å². The van der Waals surface area contributed by atoms with Gasteiger partial charge in [0.05, 0.1) is 12.0 Å². The van der Waals surface area contributed by atoms with Crippen molar-refractivity contribution in [2.45, 2.75) is 69.6 Å². The van der Waals surface area contributed by atoms with Crippen molar-refractivity contribution in [2.24, 2.45) is 0 Å². The third kappa shape index (κ3) is 8.02. The summed E-state index contributed by atoms with van der Waals surface area (Å²) in [5.41, 5.74) is 0.136. The van der Waals surface area contributed by atoms with E-state index in [-0.39, 0.29) is 25.1 Å². The minimum atomic E-state index is -1.78. The lowest BCUT2D eigenvalue weighted by Gasteiger charge is -2.36. The summed E-state index contributed by atoms with van der Waals surface area (Å²) in [6.07, 6.45) is 2.71. The lowest BCUT2D eigenvalue weighted by atomic mass is 9.76. The number of alkyl carbamates (subject to hydrolysis) is 1. The largest absolute Gasteiger partial charge is 0.475 e. The molecule has 3 N–H and O–H groups in total. The number of alkyl halides is 1. The molecule has 0 unspecified atom stereocenters. The molecule has 9 nitrogen and oxygen atoms in total. The maximum absolute atomic E-state index is 13.7. The highest BCUT2D eigenvalue weighted by Gasteiger charge is 2.35. The molecule has 0 saturated carbocycles. The van der Waals surface area contributed by atoms with Gasteiger partial charge in [-0.3, -0.25) is 9.69 Å². The number of carbonyl (C=O) groups is 2. The highest BCUT2D eigenvalue weighted by molar-refractivity contribution is 6.43. The Bertz CT molecular complexity index is 1000. The standard InChI is InChI=1S/C26H36BFN4O5/c1-26(2,31-13-11-21(28)17-31)15-20(16-29)24(33)32-12-7-6-10-22(32)18-37-25(34)30-23(27(35)36)14-19-8-4-3-5-9-19/h3-5,8-9,15,21-23,35-36H,6-7,10-14,17-18H2,1-2H3,(H,30,34)/b20-15+/t21-,22+,23-/m0/s1. The Labute approximate surface area is 218 Å². The molecule has 2 aliphatic heterocycles. The molecule has 2 fully saturated rings. The van der Waals surface area contributed by atoms with Gasteiger partial charge in [-0.05, 0) is 57.6 Å². The third-order valence-corrected chi connectivity index (χ3v) is 7.05. The van der Waals surface area contributed by atoms with Crippen LogP contribution in [0, 0.1) is 11.3 Å². The van der Waals surface area contributed by atoms with E-state index in [4.69, 9.17) is 4.74 Å². The number of ether oxygens (including phenoxy) is 1. The number of halogens is 1. The van der Waals surface area contributed by atoms with Crippen molar-refractivity contribution >= 4 is 19.1 Å². The molecule has 1 aromatic carbocycles. The van der Waals surface area contributed by atoms with Crippen molar-refractivity contribution in [2.75, 3.05) is 26.2 Å². The van der Waals surface area contributed by atoms with Crippen LogP contribution in [0.3, 0.4) is 0 Å². The van der Waals surface area contributed by atoms with E-state index in [1.807, 2.05) is 55.1 Å². The predicted octanol–water partition coefficient (Wildman–Crippen LogP) is 1.99. The Hall–Kier alpha value is -2.94. The maximum atomic E-state index is 13.7. The van der Waals surface area contributed by atoms with Gasteiger partial charge in [-0.2, -0.15) is 5.26 Å². The summed E-state index contributed by atoms with van der Waals surface area (Å²) in [6, 6.07) is 10.7. The van der Waals surface area contributed by atoms with Gasteiger partial charge in [0.25, 0.3) is 5.91 Å². The molecule has 0 bridgehead atoms. The SMILES string of the molecule is CC(C)(/C=C(\C#N)C(=O)N1CCCC[C@@H]1COC(=O)N[C@@H](Cc1ccccc1)B(O)O)N1CC[C@H](F)C1. The number of hydrogen-bond acceptors (Lipinski definition) is 7. The first kappa shape index (κ1) is 28.6. The van der Waals surface area contributed by atoms with E-state index in [0.29, 0.717) is 25.9 Å². The van der Waals surface area contributed by atoms with Crippen LogP contribution >= 0.6 is 0 Å². The van der Waals surface area contributed by atoms with E-state index in [2.05, 4.69) is 5.32 Å². The summed E-state index contributed by atoms with van der Waals surface area (Å²) in [7, 11) is -1.78. The average molecular weight is 514 g/mol. The Kier molecular flexibility index (Phi) is 10.1. The highest BCUT2D eigenvalue weighted by Crippen LogP contribution is 2.26. The van der Waals surface area contributed by atoms with Crippen LogP contribution in [0.4, 0.5) is 9.18 Å². The summed E-state index contributed by atoms with van der Waals surface area (Å²) < 4.78 is 19.1. The highest BCUT2D eigenvalue weighted by atomic mass is 19.1. The molecule has 200 valence electrons. The first-order valence-corrected chi connectivity index (χ1v) is 12.8. The average Bonchev–Trinajstić information content (AvgIpc) is 3.33. The molecule has 3 atom stereocenters. The monoisotopic (exact) mass is 514 g/mol. The Morgan fingerprint density at radius 3 is 2.62 bits per heavy atom. The van der Waals surface area contributed by atoms with Gasteiger partial charge in [0.15, 0.2) is 0 Å². The van der Waals surface area contributed by atoms with Gasteiger partial charge in [0, 0.05) is 25.2 Å². The van der Waals surface area contributed by atoms with Crippen LogP contribution in [-0.2, 0) is 16.0 Å². The first-order chi connectivity index (χ1) is 17.6. The normalized spacial score (nSPS) is 21.7. The predicted molar refractivity (Wildman–Crippen MR) is 137 cm³/mol. The van der Waals surface area contributed by atoms with E-state index in [1.165, 1.54) is 0 Å². The summed E-state index contributed by atoms with van der Waals surface area (Å²) in [5.74, 6) is -1.41. The number of rotatable bonds is 9. The molecule has 2 aliphatic rings. The molecule has 0 radical (unpaired) electrons. The van der Waals surface area contributed by atoms with E-state index in [1.54, 1.807) is 11.0 Å². The minimum absolute atomic E-state index is 0.0185. The molecule has 2 heterocycles. The lowest BCUT2D eigenvalue weighted by molar-refractivity contribution is -0.131. The second-order valence-electron chi connectivity index (χ2n) is 10.3. The second kappa shape index (κ2) is 13.0. The third-order valence-electron chi connectivity index (χ3n) is 7.05. The fourth-order valence-electron chi connectivity index (χ4n) is 4.89. The van der Waals surface area contributed by atoms with E-state index in [9.17, 15) is 29.3 Å². The zero-order valence-electron chi connectivity index (χ0n) is 21.5. The van der Waals surface area contributed by atoms with Gasteiger partial charge >= 0.3 is 13.2 Å². The number of hydrogen-bond donors (Lipinski definition) is 3. The van der Waals surface area contributed by atoms with Gasteiger partial charge in [-0.25, -0.2) is 9.18 Å². The number of piperidine rings is 1. The Morgan fingerprint density at radius 2 is 2.00 bits per heavy atom. The number of nitriles is 1. The number of amides is 2. The summed E-state index contributed by atoms with van der Waals surface area (Å²) in [6.45, 7) is 4.88.